The van der Waals surface area contributed by atoms with Crippen LogP contribution in [0.5, 0.6) is 0 Å². The lowest BCUT2D eigenvalue weighted by molar-refractivity contribution is 0.185. The normalized spacial score (nSPS) is 17.8. The van der Waals surface area contributed by atoms with Crippen molar-refractivity contribution in [2.45, 2.75) is 19.4 Å². The Bertz CT molecular complexity index is 554. The first-order valence-corrected chi connectivity index (χ1v) is 8.55. The van der Waals surface area contributed by atoms with Crippen LogP contribution in [0.2, 0.25) is 0 Å². The smallest absolute Gasteiger partial charge is 0.301 e. The molecule has 21 heavy (non-hydrogen) atoms. The van der Waals surface area contributed by atoms with Crippen molar-refractivity contribution in [3.63, 3.8) is 0 Å². The summed E-state index contributed by atoms with van der Waals surface area (Å²) in [5.41, 5.74) is 7.03. The maximum atomic E-state index is 12.4. The maximum Gasteiger partial charge on any atom is 0.301 e. The van der Waals surface area contributed by atoms with Gasteiger partial charge in [-0.3, -0.25) is 4.72 Å². The molecule has 1 fully saturated rings. The van der Waals surface area contributed by atoms with Crippen LogP contribution in [-0.4, -0.2) is 39.5 Å². The summed E-state index contributed by atoms with van der Waals surface area (Å²) in [6.07, 6.45) is 1.63. The zero-order valence-corrected chi connectivity index (χ0v) is 13.1. The summed E-state index contributed by atoms with van der Waals surface area (Å²) in [5.74, 6) is 0.428. The summed E-state index contributed by atoms with van der Waals surface area (Å²) in [6.45, 7) is 2.03. The lowest BCUT2D eigenvalue weighted by Gasteiger charge is -2.30. The number of ether oxygens (including phenoxy) is 1. The van der Waals surface area contributed by atoms with E-state index in [9.17, 15) is 8.42 Å². The van der Waals surface area contributed by atoms with Gasteiger partial charge in [-0.05, 0) is 31.4 Å². The Morgan fingerprint density at radius 2 is 2.00 bits per heavy atom. The molecule has 3 N–H and O–H groups in total. The summed E-state index contributed by atoms with van der Waals surface area (Å²) in [5, 5.41) is 0. The number of piperidine rings is 1. The Balaban J connectivity index is 2.08. The van der Waals surface area contributed by atoms with Crippen LogP contribution in [0.25, 0.3) is 0 Å². The van der Waals surface area contributed by atoms with Crippen molar-refractivity contribution in [3.8, 4) is 0 Å². The van der Waals surface area contributed by atoms with E-state index in [0.29, 0.717) is 37.8 Å². The fraction of sp³-hybridized carbons (Fsp3) is 0.571. The molecule has 7 heteroatoms. The van der Waals surface area contributed by atoms with Crippen LogP contribution in [0, 0.1) is 5.92 Å². The molecule has 1 heterocycles. The van der Waals surface area contributed by atoms with Gasteiger partial charge in [-0.15, -0.1) is 0 Å². The second kappa shape index (κ2) is 7.22. The van der Waals surface area contributed by atoms with Gasteiger partial charge >= 0.3 is 10.2 Å². The minimum Gasteiger partial charge on any atom is -0.380 e. The Hall–Kier alpha value is -1.15. The number of nitrogens with zero attached hydrogens (tertiary/aromatic N) is 1. The monoisotopic (exact) mass is 313 g/mol. The Morgan fingerprint density at radius 1 is 1.33 bits per heavy atom. The largest absolute Gasteiger partial charge is 0.380 e. The first-order valence-electron chi connectivity index (χ1n) is 7.11. The first kappa shape index (κ1) is 16.2. The Kier molecular flexibility index (Phi) is 5.58. The van der Waals surface area contributed by atoms with Crippen molar-refractivity contribution >= 4 is 15.9 Å². The van der Waals surface area contributed by atoms with E-state index in [0.717, 1.165) is 18.4 Å². The highest BCUT2D eigenvalue weighted by Gasteiger charge is 2.27. The lowest BCUT2D eigenvalue weighted by atomic mass is 9.99. The van der Waals surface area contributed by atoms with E-state index in [2.05, 4.69) is 4.72 Å². The van der Waals surface area contributed by atoms with Crippen molar-refractivity contribution in [1.29, 1.82) is 0 Å². The van der Waals surface area contributed by atoms with Crippen molar-refractivity contribution in [3.05, 3.63) is 29.8 Å². The molecule has 0 spiro atoms. The van der Waals surface area contributed by atoms with E-state index < -0.39 is 10.2 Å². The third-order valence-electron chi connectivity index (χ3n) is 3.80. The highest BCUT2D eigenvalue weighted by molar-refractivity contribution is 7.90. The van der Waals surface area contributed by atoms with Gasteiger partial charge in [0.05, 0.1) is 12.3 Å². The van der Waals surface area contributed by atoms with Crippen molar-refractivity contribution in [1.82, 2.24) is 4.31 Å². The number of anilines is 1. The van der Waals surface area contributed by atoms with Gasteiger partial charge in [-0.25, -0.2) is 0 Å². The van der Waals surface area contributed by atoms with E-state index in [1.165, 1.54) is 4.31 Å². The molecule has 1 aliphatic heterocycles. The second-order valence-electron chi connectivity index (χ2n) is 5.28. The molecular weight excluding hydrogens is 290 g/mol. The van der Waals surface area contributed by atoms with E-state index in [1.807, 2.05) is 12.1 Å². The minimum absolute atomic E-state index is 0.369. The van der Waals surface area contributed by atoms with E-state index in [-0.39, 0.29) is 0 Å². The highest BCUT2D eigenvalue weighted by atomic mass is 32.2. The minimum atomic E-state index is -3.52. The average molecular weight is 313 g/mol. The summed E-state index contributed by atoms with van der Waals surface area (Å²) in [7, 11) is -1.94. The molecule has 1 aromatic carbocycles. The van der Waals surface area contributed by atoms with Gasteiger partial charge in [0.2, 0.25) is 0 Å². The molecule has 1 aliphatic rings. The number of nitrogens with one attached hydrogen (secondary N) is 1. The lowest BCUT2D eigenvalue weighted by Crippen LogP contribution is -2.42. The van der Waals surface area contributed by atoms with Gasteiger partial charge in [0.15, 0.2) is 0 Å². The predicted molar refractivity (Wildman–Crippen MR) is 83.0 cm³/mol. The van der Waals surface area contributed by atoms with Crippen molar-refractivity contribution in [2.75, 3.05) is 31.5 Å². The zero-order chi connectivity index (χ0) is 15.3. The van der Waals surface area contributed by atoms with Crippen LogP contribution in [0.1, 0.15) is 18.4 Å². The van der Waals surface area contributed by atoms with Gasteiger partial charge in [0.1, 0.15) is 0 Å². The van der Waals surface area contributed by atoms with Crippen LogP contribution in [0.3, 0.4) is 0 Å². The quantitative estimate of drug-likeness (QED) is 0.825. The van der Waals surface area contributed by atoms with Gasteiger partial charge in [-0.1, -0.05) is 18.2 Å². The number of benzene rings is 1. The van der Waals surface area contributed by atoms with Crippen LogP contribution >= 0.6 is 0 Å². The molecule has 118 valence electrons. The third kappa shape index (κ3) is 4.16. The molecule has 2 rings (SSSR count). The standard InChI is InChI=1S/C14H23N3O3S/c1-20-11-13-4-2-3-5-14(13)16-21(18,19)17-8-6-12(10-15)7-9-17/h2-5,12,16H,6-11,15H2,1H3. The predicted octanol–water partition coefficient (Wildman–Crippen LogP) is 1.16. The summed E-state index contributed by atoms with van der Waals surface area (Å²) in [6, 6.07) is 7.26. The van der Waals surface area contributed by atoms with Crippen LogP contribution in [0.15, 0.2) is 24.3 Å². The highest BCUT2D eigenvalue weighted by Crippen LogP contribution is 2.22. The van der Waals surface area contributed by atoms with Gasteiger partial charge in [0.25, 0.3) is 0 Å². The van der Waals surface area contributed by atoms with E-state index in [4.69, 9.17) is 10.5 Å². The maximum absolute atomic E-state index is 12.4. The summed E-state index contributed by atoms with van der Waals surface area (Å²) in [4.78, 5) is 0. The molecule has 0 aliphatic carbocycles. The van der Waals surface area contributed by atoms with Gasteiger partial charge in [0, 0.05) is 25.8 Å². The number of rotatable bonds is 6. The van der Waals surface area contributed by atoms with Crippen LogP contribution in [0.4, 0.5) is 5.69 Å². The summed E-state index contributed by atoms with van der Waals surface area (Å²) < 4.78 is 34.1. The molecule has 0 aromatic heterocycles. The Morgan fingerprint density at radius 3 is 2.62 bits per heavy atom. The average Bonchev–Trinajstić information content (AvgIpc) is 2.49. The van der Waals surface area contributed by atoms with Crippen LogP contribution < -0.4 is 10.5 Å². The topological polar surface area (TPSA) is 84.7 Å². The van der Waals surface area contributed by atoms with Crippen molar-refractivity contribution < 1.29 is 13.2 Å². The van der Waals surface area contributed by atoms with Crippen molar-refractivity contribution in [2.24, 2.45) is 11.7 Å². The Labute approximate surface area is 126 Å². The molecule has 1 aromatic rings. The fourth-order valence-electron chi connectivity index (χ4n) is 2.49. The van der Waals surface area contributed by atoms with Gasteiger partial charge < -0.3 is 10.5 Å². The molecule has 0 radical (unpaired) electrons. The summed E-state index contributed by atoms with van der Waals surface area (Å²) >= 11 is 0. The molecule has 0 atom stereocenters. The van der Waals surface area contributed by atoms with E-state index in [1.54, 1.807) is 19.2 Å². The SMILES string of the molecule is COCc1ccccc1NS(=O)(=O)N1CCC(CN)CC1. The molecule has 0 unspecified atom stereocenters. The number of nitrogens with two attached hydrogens (primary N) is 1. The molecule has 0 saturated carbocycles. The molecule has 1 saturated heterocycles. The first-order chi connectivity index (χ1) is 10.1. The van der Waals surface area contributed by atoms with E-state index >= 15 is 0 Å². The fourth-order valence-corrected chi connectivity index (χ4v) is 3.79. The molecule has 6 nitrogen and oxygen atoms in total. The molecule has 0 bridgehead atoms. The number of para-hydroxylation sites is 1. The second-order valence-corrected chi connectivity index (χ2v) is 6.95. The van der Waals surface area contributed by atoms with Gasteiger partial charge in [-0.2, -0.15) is 12.7 Å². The van der Waals surface area contributed by atoms with Crippen LogP contribution in [-0.2, 0) is 21.6 Å². The molecular formula is C14H23N3O3S. The number of hydrogen-bond donors (Lipinski definition) is 2. The zero-order valence-electron chi connectivity index (χ0n) is 12.3. The molecule has 0 amide bonds. The third-order valence-corrected chi connectivity index (χ3v) is 5.33. The number of hydrogen-bond acceptors (Lipinski definition) is 4. The number of methoxy groups -OCH3 is 1.